The lowest BCUT2D eigenvalue weighted by atomic mass is 9.86. The van der Waals surface area contributed by atoms with E-state index < -0.39 is 0 Å². The third kappa shape index (κ3) is 21.3. The first-order valence-corrected chi connectivity index (χ1v) is 16.4. The van der Waals surface area contributed by atoms with E-state index >= 15 is 0 Å². The molecule has 0 aromatic carbocycles. The Hall–Kier alpha value is -0.0500. The van der Waals surface area contributed by atoms with Crippen molar-refractivity contribution in [1.82, 2.24) is 0 Å². The molecule has 204 valence electrons. The lowest BCUT2D eigenvalue weighted by Crippen LogP contribution is -2.31. The van der Waals surface area contributed by atoms with E-state index in [1.54, 1.807) is 0 Å². The second-order valence-electron chi connectivity index (χ2n) is 11.3. The summed E-state index contributed by atoms with van der Waals surface area (Å²) >= 11 is 3.51. The van der Waals surface area contributed by atoms with Crippen molar-refractivity contribution < 1.29 is 9.53 Å². The molecule has 0 aliphatic carbocycles. The molecule has 0 aliphatic rings. The largest absolute Gasteiger partial charge is 0.462 e. The molecule has 0 aromatic heterocycles. The molecule has 2 nitrogen and oxygen atoms in total. The molecule has 0 bridgehead atoms. The molecule has 0 saturated carbocycles. The Bertz CT molecular complexity index is 415. The first-order chi connectivity index (χ1) is 16.5. The van der Waals surface area contributed by atoms with Crippen LogP contribution in [0, 0.1) is 5.41 Å². The van der Waals surface area contributed by atoms with Crippen LogP contribution in [-0.2, 0) is 9.53 Å². The van der Waals surface area contributed by atoms with Crippen LogP contribution >= 0.6 is 15.9 Å². The Balaban J connectivity index is 4.36. The molecule has 0 N–H and O–H groups in total. The molecule has 0 fully saturated rings. The molecule has 34 heavy (non-hydrogen) atoms. The third-order valence-corrected chi connectivity index (χ3v) is 7.83. The van der Waals surface area contributed by atoms with Crippen LogP contribution in [0.15, 0.2) is 0 Å². The first-order valence-electron chi connectivity index (χ1n) is 15.2. The van der Waals surface area contributed by atoms with Crippen LogP contribution in [0.25, 0.3) is 0 Å². The van der Waals surface area contributed by atoms with E-state index in [9.17, 15) is 4.79 Å². The smallest absolute Gasteiger partial charge is 0.311 e. The Labute approximate surface area is 223 Å². The number of unbranched alkanes of at least 4 members (excludes halogenated alkanes) is 17. The van der Waals surface area contributed by atoms with E-state index in [0.29, 0.717) is 0 Å². The van der Waals surface area contributed by atoms with Crippen molar-refractivity contribution in [2.24, 2.45) is 5.41 Å². The van der Waals surface area contributed by atoms with Gasteiger partial charge < -0.3 is 4.74 Å². The molecular weight excluding hydrogens is 484 g/mol. The highest BCUT2D eigenvalue weighted by atomic mass is 79.9. The van der Waals surface area contributed by atoms with Gasteiger partial charge in [0.2, 0.25) is 0 Å². The molecule has 3 heteroatoms. The van der Waals surface area contributed by atoms with E-state index in [1.165, 1.54) is 122 Å². The van der Waals surface area contributed by atoms with Gasteiger partial charge in [0.05, 0.1) is 5.41 Å². The molecule has 0 heterocycles. The summed E-state index contributed by atoms with van der Waals surface area (Å²) in [4.78, 5) is 13.0. The Morgan fingerprint density at radius 3 is 1.44 bits per heavy atom. The lowest BCUT2D eigenvalue weighted by molar-refractivity contribution is -0.161. The van der Waals surface area contributed by atoms with Gasteiger partial charge in [0.1, 0.15) is 6.10 Å². The fourth-order valence-corrected chi connectivity index (χ4v) is 5.10. The van der Waals surface area contributed by atoms with Gasteiger partial charge in [-0.05, 0) is 52.4 Å². The second-order valence-corrected chi connectivity index (χ2v) is 12.1. The van der Waals surface area contributed by atoms with Crippen molar-refractivity contribution in [3.8, 4) is 0 Å². The number of hydrogen-bond acceptors (Lipinski definition) is 2. The normalized spacial score (nSPS) is 11.9. The average molecular weight is 546 g/mol. The van der Waals surface area contributed by atoms with Crippen molar-refractivity contribution in [2.45, 2.75) is 181 Å². The van der Waals surface area contributed by atoms with Gasteiger partial charge in [-0.1, -0.05) is 139 Å². The minimum Gasteiger partial charge on any atom is -0.462 e. The maximum atomic E-state index is 13.0. The number of alkyl halides is 1. The molecule has 0 unspecified atom stereocenters. The summed E-state index contributed by atoms with van der Waals surface area (Å²) in [7, 11) is 0. The van der Waals surface area contributed by atoms with E-state index in [-0.39, 0.29) is 17.5 Å². The zero-order valence-corrected chi connectivity index (χ0v) is 25.3. The molecule has 0 amide bonds. The van der Waals surface area contributed by atoms with E-state index in [4.69, 9.17) is 4.74 Å². The molecule has 0 spiro atoms. The number of carbonyl (C=O) groups is 1. The number of rotatable bonds is 26. The molecule has 0 saturated heterocycles. The highest BCUT2D eigenvalue weighted by Crippen LogP contribution is 2.28. The van der Waals surface area contributed by atoms with E-state index in [0.717, 1.165) is 31.0 Å². The molecule has 0 rings (SSSR count). The number of carbonyl (C=O) groups excluding carboxylic acids is 1. The summed E-state index contributed by atoms with van der Waals surface area (Å²) in [5.41, 5.74) is -0.356. The topological polar surface area (TPSA) is 26.3 Å². The fraction of sp³-hybridized carbons (Fsp3) is 0.968. The fourth-order valence-electron chi connectivity index (χ4n) is 4.70. The quantitative estimate of drug-likeness (QED) is 0.0614. The van der Waals surface area contributed by atoms with Crippen LogP contribution in [0.5, 0.6) is 0 Å². The monoisotopic (exact) mass is 544 g/mol. The number of ether oxygens (including phenoxy) is 1. The maximum Gasteiger partial charge on any atom is 0.311 e. The minimum atomic E-state index is -0.356. The average Bonchev–Trinajstić information content (AvgIpc) is 2.81. The Kier molecular flexibility index (Phi) is 24.6. The van der Waals surface area contributed by atoms with Crippen LogP contribution in [0.4, 0.5) is 0 Å². The van der Waals surface area contributed by atoms with Gasteiger partial charge in [-0.3, -0.25) is 4.79 Å². The van der Waals surface area contributed by atoms with Crippen LogP contribution in [0.3, 0.4) is 0 Å². The first kappa shape index (κ1) is 34.0. The lowest BCUT2D eigenvalue weighted by Gasteiger charge is -2.27. The van der Waals surface area contributed by atoms with Crippen molar-refractivity contribution in [3.63, 3.8) is 0 Å². The van der Waals surface area contributed by atoms with Gasteiger partial charge in [0.15, 0.2) is 0 Å². The summed E-state index contributed by atoms with van der Waals surface area (Å²) in [6.07, 6.45) is 29.3. The van der Waals surface area contributed by atoms with Crippen molar-refractivity contribution in [3.05, 3.63) is 0 Å². The van der Waals surface area contributed by atoms with Crippen molar-refractivity contribution in [2.75, 3.05) is 5.33 Å². The van der Waals surface area contributed by atoms with Crippen LogP contribution in [0.1, 0.15) is 175 Å². The molecular formula is C31H61BrO2. The number of esters is 1. The second kappa shape index (κ2) is 24.6. The SMILES string of the molecule is CCCCCCCCCCC(CCCCCCCCCC)OC(=O)C(C)(C)CCCCCCBr. The van der Waals surface area contributed by atoms with Gasteiger partial charge in [0, 0.05) is 5.33 Å². The predicted molar refractivity (Wildman–Crippen MR) is 155 cm³/mol. The van der Waals surface area contributed by atoms with Crippen LogP contribution < -0.4 is 0 Å². The van der Waals surface area contributed by atoms with E-state index in [1.807, 2.05) is 0 Å². The standard InChI is InChI=1S/C31H61BrO2/c1-5-7-9-11-13-15-17-21-25-29(26-22-18-16-14-12-10-8-6-2)34-30(33)31(3,4)27-23-19-20-24-28-32/h29H,5-28H2,1-4H3. The van der Waals surface area contributed by atoms with Gasteiger partial charge in [0.25, 0.3) is 0 Å². The maximum absolute atomic E-state index is 13.0. The van der Waals surface area contributed by atoms with Crippen molar-refractivity contribution in [1.29, 1.82) is 0 Å². The summed E-state index contributed by atoms with van der Waals surface area (Å²) in [6.45, 7) is 8.73. The zero-order chi connectivity index (χ0) is 25.3. The molecule has 0 atom stereocenters. The van der Waals surface area contributed by atoms with Gasteiger partial charge in [-0.25, -0.2) is 0 Å². The highest BCUT2D eigenvalue weighted by Gasteiger charge is 2.30. The van der Waals surface area contributed by atoms with Gasteiger partial charge in [-0.15, -0.1) is 0 Å². The molecule has 0 aliphatic heterocycles. The summed E-state index contributed by atoms with van der Waals surface area (Å²) in [5, 5.41) is 1.08. The summed E-state index contributed by atoms with van der Waals surface area (Å²) in [6, 6.07) is 0. The number of halogens is 1. The van der Waals surface area contributed by atoms with Gasteiger partial charge in [-0.2, -0.15) is 0 Å². The highest BCUT2D eigenvalue weighted by molar-refractivity contribution is 9.09. The van der Waals surface area contributed by atoms with Gasteiger partial charge >= 0.3 is 5.97 Å². The molecule has 0 aromatic rings. The number of hydrogen-bond donors (Lipinski definition) is 0. The van der Waals surface area contributed by atoms with Crippen LogP contribution in [0.2, 0.25) is 0 Å². The predicted octanol–water partition coefficient (Wildman–Crippen LogP) is 11.3. The molecule has 0 radical (unpaired) electrons. The Morgan fingerprint density at radius 2 is 1.00 bits per heavy atom. The van der Waals surface area contributed by atoms with Crippen LogP contribution in [-0.4, -0.2) is 17.4 Å². The third-order valence-electron chi connectivity index (χ3n) is 7.27. The van der Waals surface area contributed by atoms with E-state index in [2.05, 4.69) is 43.6 Å². The minimum absolute atomic E-state index is 0.0390. The Morgan fingerprint density at radius 1 is 0.618 bits per heavy atom. The summed E-state index contributed by atoms with van der Waals surface area (Å²) < 4.78 is 6.17. The zero-order valence-electron chi connectivity index (χ0n) is 23.7. The van der Waals surface area contributed by atoms with Crippen molar-refractivity contribution >= 4 is 21.9 Å². The summed E-state index contributed by atoms with van der Waals surface area (Å²) in [5.74, 6) is 0.0390.